The van der Waals surface area contributed by atoms with Crippen molar-refractivity contribution in [2.24, 2.45) is 0 Å². The number of carboxylic acid groups (broad SMARTS) is 1. The van der Waals surface area contributed by atoms with Crippen LogP contribution >= 0.6 is 0 Å². The van der Waals surface area contributed by atoms with Crippen molar-refractivity contribution >= 4 is 16.9 Å². The molecule has 0 atom stereocenters. The Morgan fingerprint density at radius 2 is 2.14 bits per heavy atom. The van der Waals surface area contributed by atoms with Crippen molar-refractivity contribution in [1.82, 2.24) is 9.78 Å². The second kappa shape index (κ2) is 4.48. The summed E-state index contributed by atoms with van der Waals surface area (Å²) in [6, 6.07) is 9.39. The lowest BCUT2D eigenvalue weighted by Gasteiger charge is -2.01. The second-order valence-corrected chi connectivity index (χ2v) is 5.42. The fourth-order valence-electron chi connectivity index (χ4n) is 2.65. The molecule has 0 unspecified atom stereocenters. The van der Waals surface area contributed by atoms with Gasteiger partial charge in [-0.15, -0.1) is 0 Å². The number of furan rings is 1. The van der Waals surface area contributed by atoms with Gasteiger partial charge in [0.05, 0.1) is 12.2 Å². The van der Waals surface area contributed by atoms with Crippen LogP contribution in [-0.4, -0.2) is 20.9 Å². The summed E-state index contributed by atoms with van der Waals surface area (Å²) >= 11 is 0. The number of rotatable bonds is 4. The van der Waals surface area contributed by atoms with Gasteiger partial charge in [-0.25, -0.2) is 4.79 Å². The van der Waals surface area contributed by atoms with Crippen molar-refractivity contribution in [2.45, 2.75) is 25.3 Å². The van der Waals surface area contributed by atoms with Crippen LogP contribution in [0.25, 0.3) is 11.0 Å². The topological polar surface area (TPSA) is 68.3 Å². The van der Waals surface area contributed by atoms with Gasteiger partial charge in [-0.2, -0.15) is 5.10 Å². The maximum absolute atomic E-state index is 11.4. The molecule has 1 N–H and O–H groups in total. The van der Waals surface area contributed by atoms with Gasteiger partial charge in [-0.05, 0) is 25.0 Å². The number of carbonyl (C=O) groups is 1. The van der Waals surface area contributed by atoms with Crippen LogP contribution in [0, 0.1) is 0 Å². The molecule has 0 radical (unpaired) electrons. The summed E-state index contributed by atoms with van der Waals surface area (Å²) in [7, 11) is 0. The van der Waals surface area contributed by atoms with E-state index in [1.54, 1.807) is 10.7 Å². The SMILES string of the molecule is O=C(O)c1oc2ccccc2c1Cn1ccc(C2CC2)n1. The molecule has 0 spiro atoms. The van der Waals surface area contributed by atoms with E-state index in [1.165, 1.54) is 12.8 Å². The number of benzene rings is 1. The third-order valence-electron chi connectivity index (χ3n) is 3.87. The van der Waals surface area contributed by atoms with Crippen molar-refractivity contribution in [3.63, 3.8) is 0 Å². The van der Waals surface area contributed by atoms with E-state index < -0.39 is 5.97 Å². The summed E-state index contributed by atoms with van der Waals surface area (Å²) in [6.07, 6.45) is 4.30. The summed E-state index contributed by atoms with van der Waals surface area (Å²) in [5, 5.41) is 14.7. The van der Waals surface area contributed by atoms with Crippen LogP contribution < -0.4 is 0 Å². The number of aromatic carboxylic acids is 1. The molecular formula is C16H14N2O3. The lowest BCUT2D eigenvalue weighted by Crippen LogP contribution is -2.06. The van der Waals surface area contributed by atoms with E-state index in [1.807, 2.05) is 30.5 Å². The van der Waals surface area contributed by atoms with E-state index in [0.717, 1.165) is 11.1 Å². The fraction of sp³-hybridized carbons (Fsp3) is 0.250. The molecule has 1 aromatic carbocycles. The maximum atomic E-state index is 11.4. The third-order valence-corrected chi connectivity index (χ3v) is 3.87. The zero-order valence-corrected chi connectivity index (χ0v) is 11.3. The minimum atomic E-state index is -1.05. The Morgan fingerprint density at radius 3 is 2.90 bits per heavy atom. The Balaban J connectivity index is 1.76. The van der Waals surface area contributed by atoms with Crippen LogP contribution in [0.1, 0.15) is 40.6 Å². The first-order valence-corrected chi connectivity index (χ1v) is 6.99. The molecule has 3 aromatic rings. The van der Waals surface area contributed by atoms with E-state index >= 15 is 0 Å². The zero-order chi connectivity index (χ0) is 14.4. The van der Waals surface area contributed by atoms with Crippen molar-refractivity contribution in [2.75, 3.05) is 0 Å². The first kappa shape index (κ1) is 12.2. The molecule has 2 aromatic heterocycles. The molecule has 1 fully saturated rings. The molecule has 0 amide bonds. The molecule has 1 aliphatic rings. The molecule has 5 nitrogen and oxygen atoms in total. The Bertz CT molecular complexity index is 827. The highest BCUT2D eigenvalue weighted by Crippen LogP contribution is 2.39. The third kappa shape index (κ3) is 2.11. The summed E-state index contributed by atoms with van der Waals surface area (Å²) in [6.45, 7) is 0.408. The predicted octanol–water partition coefficient (Wildman–Crippen LogP) is 3.25. The largest absolute Gasteiger partial charge is 0.475 e. The average Bonchev–Trinajstić information content (AvgIpc) is 3.12. The first-order chi connectivity index (χ1) is 10.2. The minimum Gasteiger partial charge on any atom is -0.475 e. The highest BCUT2D eigenvalue weighted by molar-refractivity contribution is 5.95. The van der Waals surface area contributed by atoms with Crippen molar-refractivity contribution in [3.05, 3.63) is 53.5 Å². The van der Waals surface area contributed by atoms with E-state index in [4.69, 9.17) is 4.42 Å². The molecule has 1 aliphatic carbocycles. The number of para-hydroxylation sites is 1. The number of fused-ring (bicyclic) bond motifs is 1. The van der Waals surface area contributed by atoms with Crippen LogP contribution in [-0.2, 0) is 6.54 Å². The monoisotopic (exact) mass is 282 g/mol. The Hall–Kier alpha value is -2.56. The van der Waals surface area contributed by atoms with E-state index in [0.29, 0.717) is 23.6 Å². The number of hydrogen-bond acceptors (Lipinski definition) is 3. The highest BCUT2D eigenvalue weighted by atomic mass is 16.4. The summed E-state index contributed by atoms with van der Waals surface area (Å²) < 4.78 is 7.25. The smallest absolute Gasteiger partial charge is 0.372 e. The number of nitrogens with zero attached hydrogens (tertiary/aromatic N) is 2. The lowest BCUT2D eigenvalue weighted by atomic mass is 10.1. The van der Waals surface area contributed by atoms with Gasteiger partial charge in [0.15, 0.2) is 0 Å². The maximum Gasteiger partial charge on any atom is 0.372 e. The van der Waals surface area contributed by atoms with Gasteiger partial charge in [-0.1, -0.05) is 18.2 Å². The summed E-state index contributed by atoms with van der Waals surface area (Å²) in [5.41, 5.74) is 2.36. The summed E-state index contributed by atoms with van der Waals surface area (Å²) in [5.74, 6) is -0.457. The zero-order valence-electron chi connectivity index (χ0n) is 11.3. The molecule has 0 saturated heterocycles. The first-order valence-electron chi connectivity index (χ1n) is 6.99. The highest BCUT2D eigenvalue weighted by Gasteiger charge is 2.26. The fourth-order valence-corrected chi connectivity index (χ4v) is 2.65. The van der Waals surface area contributed by atoms with Crippen LogP contribution in [0.5, 0.6) is 0 Å². The molecule has 5 heteroatoms. The molecule has 106 valence electrons. The van der Waals surface area contributed by atoms with Gasteiger partial charge < -0.3 is 9.52 Å². The van der Waals surface area contributed by atoms with Crippen molar-refractivity contribution in [3.8, 4) is 0 Å². The molecule has 21 heavy (non-hydrogen) atoms. The van der Waals surface area contributed by atoms with Crippen LogP contribution in [0.4, 0.5) is 0 Å². The molecule has 2 heterocycles. The Labute approximate surface area is 120 Å². The van der Waals surface area contributed by atoms with Gasteiger partial charge in [0, 0.05) is 23.1 Å². The minimum absolute atomic E-state index is 0.000304. The summed E-state index contributed by atoms with van der Waals surface area (Å²) in [4.78, 5) is 11.4. The Morgan fingerprint density at radius 1 is 1.33 bits per heavy atom. The van der Waals surface area contributed by atoms with Gasteiger partial charge in [0.2, 0.25) is 5.76 Å². The van der Waals surface area contributed by atoms with Crippen LogP contribution in [0.15, 0.2) is 40.9 Å². The Kier molecular flexibility index (Phi) is 2.60. The van der Waals surface area contributed by atoms with E-state index in [9.17, 15) is 9.90 Å². The molecule has 4 rings (SSSR count). The number of hydrogen-bond donors (Lipinski definition) is 1. The second-order valence-electron chi connectivity index (χ2n) is 5.42. The standard InChI is InChI=1S/C16H14N2O3/c19-16(20)15-12(11-3-1-2-4-14(11)21-15)9-18-8-7-13(17-18)10-5-6-10/h1-4,7-8,10H,5-6,9H2,(H,19,20). The van der Waals surface area contributed by atoms with E-state index in [-0.39, 0.29) is 5.76 Å². The predicted molar refractivity (Wildman–Crippen MR) is 76.5 cm³/mol. The van der Waals surface area contributed by atoms with Gasteiger partial charge in [-0.3, -0.25) is 4.68 Å². The van der Waals surface area contributed by atoms with Gasteiger partial charge in [0.25, 0.3) is 0 Å². The average molecular weight is 282 g/mol. The van der Waals surface area contributed by atoms with Gasteiger partial charge >= 0.3 is 5.97 Å². The molecular weight excluding hydrogens is 268 g/mol. The molecule has 0 bridgehead atoms. The number of carboxylic acids is 1. The molecule has 1 saturated carbocycles. The number of aromatic nitrogens is 2. The van der Waals surface area contributed by atoms with E-state index in [2.05, 4.69) is 5.10 Å². The van der Waals surface area contributed by atoms with Crippen molar-refractivity contribution < 1.29 is 14.3 Å². The van der Waals surface area contributed by atoms with Crippen LogP contribution in [0.3, 0.4) is 0 Å². The van der Waals surface area contributed by atoms with Crippen LogP contribution in [0.2, 0.25) is 0 Å². The lowest BCUT2D eigenvalue weighted by molar-refractivity contribution is 0.0663. The van der Waals surface area contributed by atoms with Crippen molar-refractivity contribution in [1.29, 1.82) is 0 Å². The van der Waals surface area contributed by atoms with Gasteiger partial charge in [0.1, 0.15) is 5.58 Å². The molecule has 0 aliphatic heterocycles. The normalized spacial score (nSPS) is 14.7. The quantitative estimate of drug-likeness (QED) is 0.797.